The summed E-state index contributed by atoms with van der Waals surface area (Å²) in [4.78, 5) is 11.7. The molecule has 1 aliphatic rings. The Balaban J connectivity index is 1.94. The Morgan fingerprint density at radius 1 is 1.30 bits per heavy atom. The molecule has 1 atom stereocenters. The van der Waals surface area contributed by atoms with E-state index in [1.807, 2.05) is 20.0 Å². The van der Waals surface area contributed by atoms with Gasteiger partial charge in [-0.3, -0.25) is 4.90 Å². The largest absolute Gasteiger partial charge is 0.373 e. The van der Waals surface area contributed by atoms with Gasteiger partial charge in [-0.15, -0.1) is 0 Å². The smallest absolute Gasteiger partial charge is 0.144 e. The molecule has 0 spiro atoms. The van der Waals surface area contributed by atoms with E-state index in [2.05, 4.69) is 27.1 Å². The van der Waals surface area contributed by atoms with Gasteiger partial charge in [-0.1, -0.05) is 19.8 Å². The van der Waals surface area contributed by atoms with E-state index >= 15 is 0 Å². The molecule has 1 aliphatic heterocycles. The molecule has 0 bridgehead atoms. The van der Waals surface area contributed by atoms with Crippen LogP contribution < -0.4 is 5.32 Å². The Morgan fingerprint density at radius 2 is 2.15 bits per heavy atom. The molecular formula is C16H28N4. The summed E-state index contributed by atoms with van der Waals surface area (Å²) < 4.78 is 0. The molecule has 4 nitrogen and oxygen atoms in total. The van der Waals surface area contributed by atoms with Crippen molar-refractivity contribution in [2.24, 2.45) is 5.92 Å². The fraction of sp³-hybridized carbons (Fsp3) is 0.750. The summed E-state index contributed by atoms with van der Waals surface area (Å²) in [6.07, 6.45) is 6.74. The lowest BCUT2D eigenvalue weighted by molar-refractivity contribution is 0.264. The molecule has 1 N–H and O–H groups in total. The van der Waals surface area contributed by atoms with Crippen molar-refractivity contribution >= 4 is 5.82 Å². The molecule has 1 unspecified atom stereocenters. The van der Waals surface area contributed by atoms with Crippen molar-refractivity contribution in [3.63, 3.8) is 0 Å². The van der Waals surface area contributed by atoms with Gasteiger partial charge in [-0.2, -0.15) is 0 Å². The molecule has 1 aromatic heterocycles. The molecule has 112 valence electrons. The first-order valence-corrected chi connectivity index (χ1v) is 7.96. The second-order valence-electron chi connectivity index (χ2n) is 5.92. The lowest BCUT2D eigenvalue weighted by Gasteiger charge is -2.19. The Kier molecular flexibility index (Phi) is 5.77. The first-order valence-electron chi connectivity index (χ1n) is 7.96. The molecule has 2 rings (SSSR count). The summed E-state index contributed by atoms with van der Waals surface area (Å²) in [6.45, 7) is 7.59. The second kappa shape index (κ2) is 7.58. The quantitative estimate of drug-likeness (QED) is 0.896. The predicted molar refractivity (Wildman–Crippen MR) is 83.8 cm³/mol. The topological polar surface area (TPSA) is 41.1 Å². The normalized spacial score (nSPS) is 20.6. The van der Waals surface area contributed by atoms with Gasteiger partial charge in [0.25, 0.3) is 0 Å². The van der Waals surface area contributed by atoms with Crippen LogP contribution in [0.25, 0.3) is 0 Å². The molecule has 0 amide bonds. The summed E-state index contributed by atoms with van der Waals surface area (Å²) in [5, 5.41) is 3.11. The second-order valence-corrected chi connectivity index (χ2v) is 5.92. The van der Waals surface area contributed by atoms with E-state index in [0.717, 1.165) is 29.8 Å². The monoisotopic (exact) mass is 276 g/mol. The van der Waals surface area contributed by atoms with Crippen molar-refractivity contribution in [3.05, 3.63) is 17.6 Å². The number of anilines is 1. The summed E-state index contributed by atoms with van der Waals surface area (Å²) in [5.74, 6) is 2.80. The first kappa shape index (κ1) is 15.2. The average Bonchev–Trinajstić information content (AvgIpc) is 2.64. The Labute approximate surface area is 123 Å². The zero-order valence-corrected chi connectivity index (χ0v) is 13.2. The van der Waals surface area contributed by atoms with Gasteiger partial charge < -0.3 is 5.32 Å². The van der Waals surface area contributed by atoms with Crippen LogP contribution in [0.4, 0.5) is 5.82 Å². The third-order valence-corrected chi connectivity index (χ3v) is 4.16. The summed E-state index contributed by atoms with van der Waals surface area (Å²) in [5.41, 5.74) is 1.04. The first-order chi connectivity index (χ1) is 9.71. The zero-order chi connectivity index (χ0) is 14.4. The molecule has 0 radical (unpaired) electrons. The highest BCUT2D eigenvalue weighted by molar-refractivity contribution is 5.34. The van der Waals surface area contributed by atoms with Crippen LogP contribution in [0.15, 0.2) is 6.07 Å². The van der Waals surface area contributed by atoms with Crippen LogP contribution in [-0.4, -0.2) is 35.0 Å². The Bertz CT molecular complexity index is 419. The number of hydrogen-bond donors (Lipinski definition) is 1. The fourth-order valence-corrected chi connectivity index (χ4v) is 3.11. The van der Waals surface area contributed by atoms with Crippen molar-refractivity contribution in [1.82, 2.24) is 14.9 Å². The molecule has 1 fully saturated rings. The minimum Gasteiger partial charge on any atom is -0.373 e. The number of hydrogen-bond acceptors (Lipinski definition) is 4. The molecule has 0 aliphatic carbocycles. The van der Waals surface area contributed by atoms with Crippen molar-refractivity contribution in [3.8, 4) is 0 Å². The highest BCUT2D eigenvalue weighted by Gasteiger charge is 2.17. The fourth-order valence-electron chi connectivity index (χ4n) is 3.11. The number of rotatable bonds is 5. The number of nitrogens with one attached hydrogen (secondary N) is 1. The van der Waals surface area contributed by atoms with Gasteiger partial charge >= 0.3 is 0 Å². The lowest BCUT2D eigenvalue weighted by atomic mass is 9.96. The number of aromatic nitrogens is 2. The molecule has 0 aromatic carbocycles. The van der Waals surface area contributed by atoms with Gasteiger partial charge in [-0.05, 0) is 45.2 Å². The van der Waals surface area contributed by atoms with Gasteiger partial charge in [-0.25, -0.2) is 9.97 Å². The molecule has 2 heterocycles. The van der Waals surface area contributed by atoms with Gasteiger partial charge in [0.2, 0.25) is 0 Å². The van der Waals surface area contributed by atoms with Crippen molar-refractivity contribution in [2.75, 3.05) is 25.5 Å². The molecule has 4 heteroatoms. The lowest BCUT2D eigenvalue weighted by Crippen LogP contribution is -2.25. The van der Waals surface area contributed by atoms with Crippen LogP contribution in [0, 0.1) is 12.8 Å². The van der Waals surface area contributed by atoms with Crippen molar-refractivity contribution < 1.29 is 0 Å². The molecular weight excluding hydrogens is 248 g/mol. The van der Waals surface area contributed by atoms with Gasteiger partial charge in [0, 0.05) is 18.8 Å². The third-order valence-electron chi connectivity index (χ3n) is 4.16. The van der Waals surface area contributed by atoms with Crippen molar-refractivity contribution in [1.29, 1.82) is 0 Å². The molecule has 0 saturated carbocycles. The minimum absolute atomic E-state index is 0.884. The maximum Gasteiger partial charge on any atom is 0.144 e. The van der Waals surface area contributed by atoms with Crippen molar-refractivity contribution in [2.45, 2.75) is 52.5 Å². The standard InChI is InChI=1S/C16H28N4/c1-4-6-14-7-5-9-20(10-8-14)12-16-18-13(2)11-15(17-3)19-16/h11,14H,4-10,12H2,1-3H3,(H,17,18,19). The molecule has 20 heavy (non-hydrogen) atoms. The Hall–Kier alpha value is -1.16. The van der Waals surface area contributed by atoms with Crippen LogP contribution in [-0.2, 0) is 6.54 Å². The average molecular weight is 276 g/mol. The van der Waals surface area contributed by atoms with E-state index in [0.29, 0.717) is 0 Å². The molecule has 1 aromatic rings. The zero-order valence-electron chi connectivity index (χ0n) is 13.2. The predicted octanol–water partition coefficient (Wildman–Crippen LogP) is 3.23. The van der Waals surface area contributed by atoms with E-state index < -0.39 is 0 Å². The Morgan fingerprint density at radius 3 is 2.90 bits per heavy atom. The van der Waals surface area contributed by atoms with Crippen LogP contribution in [0.3, 0.4) is 0 Å². The highest BCUT2D eigenvalue weighted by atomic mass is 15.2. The van der Waals surface area contributed by atoms with E-state index in [-0.39, 0.29) is 0 Å². The summed E-state index contributed by atoms with van der Waals surface area (Å²) >= 11 is 0. The van der Waals surface area contributed by atoms with E-state index in [9.17, 15) is 0 Å². The number of aryl methyl sites for hydroxylation is 1. The van der Waals surface area contributed by atoms with Gasteiger partial charge in [0.15, 0.2) is 0 Å². The van der Waals surface area contributed by atoms with E-state index in [1.165, 1.54) is 45.2 Å². The molecule has 1 saturated heterocycles. The summed E-state index contributed by atoms with van der Waals surface area (Å²) in [6, 6.07) is 1.99. The van der Waals surface area contributed by atoms with E-state index in [1.54, 1.807) is 0 Å². The maximum atomic E-state index is 4.57. The SMILES string of the molecule is CCCC1CCCN(Cc2nc(C)cc(NC)n2)CC1. The summed E-state index contributed by atoms with van der Waals surface area (Å²) in [7, 11) is 1.91. The third kappa shape index (κ3) is 4.44. The number of likely N-dealkylation sites (tertiary alicyclic amines) is 1. The van der Waals surface area contributed by atoms with Gasteiger partial charge in [0.05, 0.1) is 6.54 Å². The highest BCUT2D eigenvalue weighted by Crippen LogP contribution is 2.22. The van der Waals surface area contributed by atoms with Crippen LogP contribution >= 0.6 is 0 Å². The maximum absolute atomic E-state index is 4.57. The van der Waals surface area contributed by atoms with Gasteiger partial charge in [0.1, 0.15) is 11.6 Å². The minimum atomic E-state index is 0.884. The van der Waals surface area contributed by atoms with Crippen LogP contribution in [0.5, 0.6) is 0 Å². The number of nitrogens with zero attached hydrogens (tertiary/aromatic N) is 3. The van der Waals surface area contributed by atoms with E-state index in [4.69, 9.17) is 0 Å². The van der Waals surface area contributed by atoms with Crippen LogP contribution in [0.2, 0.25) is 0 Å². The van der Waals surface area contributed by atoms with Crippen LogP contribution in [0.1, 0.15) is 50.5 Å².